The van der Waals surface area contributed by atoms with Gasteiger partial charge in [-0.1, -0.05) is 18.7 Å². The number of rotatable bonds is 6. The van der Waals surface area contributed by atoms with Crippen LogP contribution in [0.15, 0.2) is 11.5 Å². The molecule has 5 nitrogen and oxygen atoms in total. The van der Waals surface area contributed by atoms with Crippen molar-refractivity contribution in [3.05, 3.63) is 6.33 Å². The van der Waals surface area contributed by atoms with Gasteiger partial charge in [-0.25, -0.2) is 9.67 Å². The summed E-state index contributed by atoms with van der Waals surface area (Å²) in [5.74, 6) is 0.0642. The second kappa shape index (κ2) is 6.52. The zero-order valence-electron chi connectivity index (χ0n) is 9.84. The van der Waals surface area contributed by atoms with Gasteiger partial charge in [0, 0.05) is 0 Å². The largest absolute Gasteiger partial charge is 0.465 e. The Hall–Kier alpha value is -1.04. The van der Waals surface area contributed by atoms with Crippen molar-refractivity contribution in [3.8, 4) is 0 Å². The maximum atomic E-state index is 11.2. The molecule has 1 atom stereocenters. The van der Waals surface area contributed by atoms with E-state index in [2.05, 4.69) is 23.9 Å². The normalized spacial score (nSPS) is 12.4. The van der Waals surface area contributed by atoms with Crippen molar-refractivity contribution in [2.75, 3.05) is 12.4 Å². The summed E-state index contributed by atoms with van der Waals surface area (Å²) in [5.41, 5.74) is 0. The molecule has 0 bridgehead atoms. The van der Waals surface area contributed by atoms with E-state index in [0.29, 0.717) is 12.6 Å². The van der Waals surface area contributed by atoms with Crippen molar-refractivity contribution in [1.29, 1.82) is 0 Å². The van der Waals surface area contributed by atoms with E-state index in [1.165, 1.54) is 18.1 Å². The molecule has 0 aromatic carbocycles. The number of esters is 1. The van der Waals surface area contributed by atoms with Gasteiger partial charge in [-0.05, 0) is 20.3 Å². The molecule has 1 unspecified atom stereocenters. The number of carbonyl (C=O) groups excluding carboxylic acids is 1. The highest BCUT2D eigenvalue weighted by atomic mass is 32.2. The Balaban J connectivity index is 2.54. The molecule has 90 valence electrons. The molecule has 16 heavy (non-hydrogen) atoms. The van der Waals surface area contributed by atoms with Crippen LogP contribution in [0.1, 0.15) is 33.2 Å². The molecule has 0 aliphatic rings. The quantitative estimate of drug-likeness (QED) is 0.564. The maximum absolute atomic E-state index is 11.2. The highest BCUT2D eigenvalue weighted by molar-refractivity contribution is 7.99. The fourth-order valence-corrected chi connectivity index (χ4v) is 1.96. The number of carbonyl (C=O) groups is 1. The standard InChI is InChI=1S/C10H17N3O2S/c1-4-8(3)13-10(11-7-12-13)16-6-9(14)15-5-2/h7-8H,4-6H2,1-3H3. The Morgan fingerprint density at radius 3 is 3.00 bits per heavy atom. The average molecular weight is 243 g/mol. The van der Waals surface area contributed by atoms with Gasteiger partial charge in [-0.3, -0.25) is 4.79 Å². The molecule has 1 heterocycles. The van der Waals surface area contributed by atoms with Gasteiger partial charge >= 0.3 is 5.97 Å². The summed E-state index contributed by atoms with van der Waals surface area (Å²) in [6.45, 7) is 6.37. The molecule has 1 aromatic rings. The lowest BCUT2D eigenvalue weighted by Gasteiger charge is -2.11. The molecule has 0 aliphatic carbocycles. The van der Waals surface area contributed by atoms with Crippen LogP contribution in [0, 0.1) is 0 Å². The summed E-state index contributed by atoms with van der Waals surface area (Å²) >= 11 is 1.36. The molecular formula is C10H17N3O2S. The minimum Gasteiger partial charge on any atom is -0.465 e. The minimum atomic E-state index is -0.216. The third-order valence-corrected chi connectivity index (χ3v) is 3.10. The number of hydrogen-bond acceptors (Lipinski definition) is 5. The van der Waals surface area contributed by atoms with E-state index in [1.807, 2.05) is 4.68 Å². The predicted octanol–water partition coefficient (Wildman–Crippen LogP) is 1.90. The van der Waals surface area contributed by atoms with Gasteiger partial charge in [0.1, 0.15) is 6.33 Å². The maximum Gasteiger partial charge on any atom is 0.316 e. The van der Waals surface area contributed by atoms with Gasteiger partial charge in [0.25, 0.3) is 0 Å². The van der Waals surface area contributed by atoms with Gasteiger partial charge in [-0.2, -0.15) is 5.10 Å². The molecule has 0 aliphatic heterocycles. The third-order valence-electron chi connectivity index (χ3n) is 2.17. The van der Waals surface area contributed by atoms with E-state index in [4.69, 9.17) is 4.74 Å². The lowest BCUT2D eigenvalue weighted by atomic mass is 10.3. The first kappa shape index (κ1) is 13.0. The number of aromatic nitrogens is 3. The number of hydrogen-bond donors (Lipinski definition) is 0. The molecule has 1 rings (SSSR count). The first-order valence-electron chi connectivity index (χ1n) is 5.36. The first-order chi connectivity index (χ1) is 7.69. The highest BCUT2D eigenvalue weighted by Gasteiger charge is 2.12. The number of thioether (sulfide) groups is 1. The van der Waals surface area contributed by atoms with Crippen LogP contribution >= 0.6 is 11.8 Å². The zero-order valence-corrected chi connectivity index (χ0v) is 10.7. The van der Waals surface area contributed by atoms with E-state index in [0.717, 1.165) is 11.6 Å². The molecule has 0 N–H and O–H groups in total. The fourth-order valence-electron chi connectivity index (χ4n) is 1.14. The summed E-state index contributed by atoms with van der Waals surface area (Å²) in [6.07, 6.45) is 2.50. The van der Waals surface area contributed by atoms with Crippen LogP contribution in [0.25, 0.3) is 0 Å². The molecule has 0 saturated heterocycles. The molecule has 0 fully saturated rings. The van der Waals surface area contributed by atoms with E-state index >= 15 is 0 Å². The van der Waals surface area contributed by atoms with Crippen LogP contribution < -0.4 is 0 Å². The lowest BCUT2D eigenvalue weighted by molar-refractivity contribution is -0.139. The van der Waals surface area contributed by atoms with Crippen LogP contribution in [0.2, 0.25) is 0 Å². The van der Waals surface area contributed by atoms with Crippen LogP contribution in [-0.2, 0) is 9.53 Å². The molecule has 0 saturated carbocycles. The molecule has 1 aromatic heterocycles. The van der Waals surface area contributed by atoms with E-state index in [-0.39, 0.29) is 11.7 Å². The highest BCUT2D eigenvalue weighted by Crippen LogP contribution is 2.19. The fraction of sp³-hybridized carbons (Fsp3) is 0.700. The first-order valence-corrected chi connectivity index (χ1v) is 6.35. The summed E-state index contributed by atoms with van der Waals surface area (Å²) in [5, 5.41) is 4.91. The van der Waals surface area contributed by atoms with Crippen molar-refractivity contribution in [3.63, 3.8) is 0 Å². The van der Waals surface area contributed by atoms with Gasteiger partial charge in [0.15, 0.2) is 5.16 Å². The summed E-state index contributed by atoms with van der Waals surface area (Å²) in [6, 6.07) is 0.298. The topological polar surface area (TPSA) is 57.0 Å². The summed E-state index contributed by atoms with van der Waals surface area (Å²) in [4.78, 5) is 15.3. The van der Waals surface area contributed by atoms with E-state index in [1.54, 1.807) is 6.92 Å². The van der Waals surface area contributed by atoms with Gasteiger partial charge in [-0.15, -0.1) is 0 Å². The van der Waals surface area contributed by atoms with Gasteiger partial charge in [0.2, 0.25) is 0 Å². The predicted molar refractivity (Wildman–Crippen MR) is 62.4 cm³/mol. The second-order valence-electron chi connectivity index (χ2n) is 3.34. The molecular weight excluding hydrogens is 226 g/mol. The summed E-state index contributed by atoms with van der Waals surface area (Å²) < 4.78 is 6.69. The van der Waals surface area contributed by atoms with E-state index < -0.39 is 0 Å². The Kier molecular flexibility index (Phi) is 5.31. The van der Waals surface area contributed by atoms with Crippen molar-refractivity contribution in [1.82, 2.24) is 14.8 Å². The van der Waals surface area contributed by atoms with Crippen molar-refractivity contribution in [2.45, 2.75) is 38.4 Å². The Morgan fingerprint density at radius 2 is 2.38 bits per heavy atom. The lowest BCUT2D eigenvalue weighted by Crippen LogP contribution is -2.10. The number of ether oxygens (including phenoxy) is 1. The Bertz CT molecular complexity index is 341. The van der Waals surface area contributed by atoms with Crippen LogP contribution in [-0.4, -0.2) is 33.1 Å². The number of nitrogens with zero attached hydrogens (tertiary/aromatic N) is 3. The average Bonchev–Trinajstić information content (AvgIpc) is 2.74. The van der Waals surface area contributed by atoms with E-state index in [9.17, 15) is 4.79 Å². The SMILES string of the molecule is CCOC(=O)CSc1ncnn1C(C)CC. The second-order valence-corrected chi connectivity index (χ2v) is 4.28. The Morgan fingerprint density at radius 1 is 1.62 bits per heavy atom. The molecule has 0 amide bonds. The van der Waals surface area contributed by atoms with Crippen LogP contribution in [0.4, 0.5) is 0 Å². The van der Waals surface area contributed by atoms with Crippen LogP contribution in [0.3, 0.4) is 0 Å². The Labute approximate surface area is 99.6 Å². The van der Waals surface area contributed by atoms with Crippen LogP contribution in [0.5, 0.6) is 0 Å². The third kappa shape index (κ3) is 3.52. The van der Waals surface area contributed by atoms with Crippen molar-refractivity contribution >= 4 is 17.7 Å². The van der Waals surface area contributed by atoms with Crippen molar-refractivity contribution < 1.29 is 9.53 Å². The van der Waals surface area contributed by atoms with Crippen molar-refractivity contribution in [2.24, 2.45) is 0 Å². The summed E-state index contributed by atoms with van der Waals surface area (Å²) in [7, 11) is 0. The molecule has 0 radical (unpaired) electrons. The smallest absolute Gasteiger partial charge is 0.316 e. The zero-order chi connectivity index (χ0) is 12.0. The minimum absolute atomic E-state index is 0.216. The molecule has 0 spiro atoms. The monoisotopic (exact) mass is 243 g/mol. The van der Waals surface area contributed by atoms with Gasteiger partial charge < -0.3 is 4.74 Å². The van der Waals surface area contributed by atoms with Gasteiger partial charge in [0.05, 0.1) is 18.4 Å². The molecule has 6 heteroatoms.